The Labute approximate surface area is 89.5 Å². The highest BCUT2D eigenvalue weighted by molar-refractivity contribution is 7.13. The first-order chi connectivity index (χ1) is 7.13. The number of nitrogens with one attached hydrogen (secondary N) is 2. The first-order valence-electron chi connectivity index (χ1n) is 4.20. The number of rotatable bonds is 4. The number of carboxylic acids is 1. The SMILES string of the molecule is CC[C@H](NC(=O)Nc1nncs1)C(=O)O. The fourth-order valence-electron chi connectivity index (χ4n) is 0.857. The van der Waals surface area contributed by atoms with E-state index >= 15 is 0 Å². The molecule has 0 aliphatic carbocycles. The molecule has 7 nitrogen and oxygen atoms in total. The van der Waals surface area contributed by atoms with Gasteiger partial charge in [-0.15, -0.1) is 10.2 Å². The first-order valence-corrected chi connectivity index (χ1v) is 5.08. The summed E-state index contributed by atoms with van der Waals surface area (Å²) >= 11 is 1.15. The lowest BCUT2D eigenvalue weighted by atomic mass is 10.2. The Morgan fingerprint density at radius 3 is 2.87 bits per heavy atom. The van der Waals surface area contributed by atoms with Crippen LogP contribution in [-0.2, 0) is 4.79 Å². The largest absolute Gasteiger partial charge is 0.480 e. The van der Waals surface area contributed by atoms with Gasteiger partial charge in [0.25, 0.3) is 0 Å². The van der Waals surface area contributed by atoms with Crippen molar-refractivity contribution >= 4 is 28.5 Å². The van der Waals surface area contributed by atoms with E-state index in [0.717, 1.165) is 11.3 Å². The molecule has 1 aromatic rings. The van der Waals surface area contributed by atoms with Gasteiger partial charge in [-0.05, 0) is 6.42 Å². The van der Waals surface area contributed by atoms with Crippen LogP contribution in [0.1, 0.15) is 13.3 Å². The van der Waals surface area contributed by atoms with Crippen molar-refractivity contribution in [2.24, 2.45) is 0 Å². The maximum Gasteiger partial charge on any atom is 0.326 e. The quantitative estimate of drug-likeness (QED) is 0.699. The molecule has 1 aromatic heterocycles. The van der Waals surface area contributed by atoms with Crippen LogP contribution in [0, 0.1) is 0 Å². The van der Waals surface area contributed by atoms with Gasteiger partial charge in [0.2, 0.25) is 5.13 Å². The van der Waals surface area contributed by atoms with E-state index in [1.165, 1.54) is 5.51 Å². The van der Waals surface area contributed by atoms with E-state index in [9.17, 15) is 9.59 Å². The molecule has 0 radical (unpaired) electrons. The highest BCUT2D eigenvalue weighted by Crippen LogP contribution is 2.07. The zero-order valence-electron chi connectivity index (χ0n) is 7.93. The van der Waals surface area contributed by atoms with Gasteiger partial charge in [-0.2, -0.15) is 0 Å². The summed E-state index contributed by atoms with van der Waals surface area (Å²) < 4.78 is 0. The Morgan fingerprint density at radius 1 is 1.67 bits per heavy atom. The lowest BCUT2D eigenvalue weighted by Crippen LogP contribution is -2.42. The van der Waals surface area contributed by atoms with E-state index in [0.29, 0.717) is 11.6 Å². The predicted octanol–water partition coefficient (Wildman–Crippen LogP) is 0.523. The lowest BCUT2D eigenvalue weighted by molar-refractivity contribution is -0.139. The zero-order valence-corrected chi connectivity index (χ0v) is 8.74. The second kappa shape index (κ2) is 5.25. The van der Waals surface area contributed by atoms with Crippen LogP contribution in [0.25, 0.3) is 0 Å². The molecule has 1 heterocycles. The average Bonchev–Trinajstić information content (AvgIpc) is 2.66. The minimum Gasteiger partial charge on any atom is -0.480 e. The number of carboxylic acid groups (broad SMARTS) is 1. The third kappa shape index (κ3) is 3.50. The summed E-state index contributed by atoms with van der Waals surface area (Å²) in [7, 11) is 0. The molecule has 1 atom stereocenters. The Balaban J connectivity index is 2.45. The summed E-state index contributed by atoms with van der Waals surface area (Å²) in [5.74, 6) is -1.06. The predicted molar refractivity (Wildman–Crippen MR) is 53.8 cm³/mol. The van der Waals surface area contributed by atoms with Crippen LogP contribution in [0.2, 0.25) is 0 Å². The monoisotopic (exact) mass is 230 g/mol. The molecular weight excluding hydrogens is 220 g/mol. The molecule has 0 saturated carbocycles. The normalized spacial score (nSPS) is 11.8. The number of anilines is 1. The van der Waals surface area contributed by atoms with Crippen molar-refractivity contribution in [1.82, 2.24) is 15.5 Å². The average molecular weight is 230 g/mol. The maximum absolute atomic E-state index is 11.2. The fourth-order valence-corrected chi connectivity index (χ4v) is 1.30. The summed E-state index contributed by atoms with van der Waals surface area (Å²) in [6, 6.07) is -1.49. The van der Waals surface area contributed by atoms with Gasteiger partial charge in [0.05, 0.1) is 0 Å². The number of hydrogen-bond donors (Lipinski definition) is 3. The maximum atomic E-state index is 11.2. The van der Waals surface area contributed by atoms with Gasteiger partial charge in [-0.25, -0.2) is 9.59 Å². The van der Waals surface area contributed by atoms with Crippen LogP contribution in [0.4, 0.5) is 9.93 Å². The standard InChI is InChI=1S/C7H10N4O3S/c1-2-4(5(12)13)9-6(14)10-7-11-8-3-15-7/h3-4H,2H2,1H3,(H,12,13)(H2,9,10,11,14)/t4-/m0/s1. The number of nitrogens with zero attached hydrogens (tertiary/aromatic N) is 2. The molecule has 3 N–H and O–H groups in total. The van der Waals surface area contributed by atoms with Gasteiger partial charge in [-0.1, -0.05) is 18.3 Å². The van der Waals surface area contributed by atoms with Crippen LogP contribution in [0.5, 0.6) is 0 Å². The third-order valence-electron chi connectivity index (χ3n) is 1.59. The van der Waals surface area contributed by atoms with Crippen molar-refractivity contribution in [3.05, 3.63) is 5.51 Å². The second-order valence-corrected chi connectivity index (χ2v) is 3.47. The van der Waals surface area contributed by atoms with E-state index in [4.69, 9.17) is 5.11 Å². The van der Waals surface area contributed by atoms with Crippen LogP contribution in [0.3, 0.4) is 0 Å². The molecule has 0 aromatic carbocycles. The van der Waals surface area contributed by atoms with Crippen molar-refractivity contribution in [1.29, 1.82) is 0 Å². The van der Waals surface area contributed by atoms with Gasteiger partial charge in [0.15, 0.2) is 0 Å². The van der Waals surface area contributed by atoms with Gasteiger partial charge < -0.3 is 10.4 Å². The highest BCUT2D eigenvalue weighted by atomic mass is 32.1. The van der Waals surface area contributed by atoms with Gasteiger partial charge in [0, 0.05) is 0 Å². The van der Waals surface area contributed by atoms with E-state index in [1.807, 2.05) is 0 Å². The molecule has 0 bridgehead atoms. The van der Waals surface area contributed by atoms with Crippen molar-refractivity contribution in [3.63, 3.8) is 0 Å². The molecule has 0 unspecified atom stereocenters. The number of amides is 2. The van der Waals surface area contributed by atoms with E-state index in [2.05, 4.69) is 20.8 Å². The van der Waals surface area contributed by atoms with Crippen molar-refractivity contribution < 1.29 is 14.7 Å². The fraction of sp³-hybridized carbons (Fsp3) is 0.429. The highest BCUT2D eigenvalue weighted by Gasteiger charge is 2.17. The molecule has 1 rings (SSSR count). The van der Waals surface area contributed by atoms with Crippen LogP contribution in [0.15, 0.2) is 5.51 Å². The van der Waals surface area contributed by atoms with Crippen LogP contribution < -0.4 is 10.6 Å². The van der Waals surface area contributed by atoms with Crippen molar-refractivity contribution in [2.45, 2.75) is 19.4 Å². The molecule has 0 aliphatic rings. The molecule has 0 aliphatic heterocycles. The van der Waals surface area contributed by atoms with Crippen molar-refractivity contribution in [3.8, 4) is 0 Å². The number of aliphatic carboxylic acids is 1. The summed E-state index contributed by atoms with van der Waals surface area (Å²) in [4.78, 5) is 21.8. The molecule has 0 fully saturated rings. The number of aromatic nitrogens is 2. The lowest BCUT2D eigenvalue weighted by Gasteiger charge is -2.11. The number of carbonyl (C=O) groups is 2. The number of carbonyl (C=O) groups excluding carboxylic acids is 1. The number of hydrogen-bond acceptors (Lipinski definition) is 5. The summed E-state index contributed by atoms with van der Waals surface area (Å²) in [5, 5.41) is 20.8. The molecule has 0 saturated heterocycles. The topological polar surface area (TPSA) is 104 Å². The molecule has 0 spiro atoms. The summed E-state index contributed by atoms with van der Waals surface area (Å²) in [6.07, 6.45) is 0.318. The summed E-state index contributed by atoms with van der Waals surface area (Å²) in [6.45, 7) is 1.67. The molecule has 8 heteroatoms. The zero-order chi connectivity index (χ0) is 11.3. The van der Waals surface area contributed by atoms with Crippen molar-refractivity contribution in [2.75, 3.05) is 5.32 Å². The molecule has 82 valence electrons. The Hall–Kier alpha value is -1.70. The Bertz CT molecular complexity index is 340. The minimum atomic E-state index is -1.06. The van der Waals surface area contributed by atoms with Gasteiger partial charge in [-0.3, -0.25) is 5.32 Å². The van der Waals surface area contributed by atoms with Crippen LogP contribution >= 0.6 is 11.3 Å². The third-order valence-corrected chi connectivity index (χ3v) is 2.20. The van der Waals surface area contributed by atoms with Gasteiger partial charge in [0.1, 0.15) is 11.6 Å². The Kier molecular flexibility index (Phi) is 3.98. The van der Waals surface area contributed by atoms with Gasteiger partial charge >= 0.3 is 12.0 Å². The smallest absolute Gasteiger partial charge is 0.326 e. The molecule has 15 heavy (non-hydrogen) atoms. The van der Waals surface area contributed by atoms with E-state index in [1.54, 1.807) is 6.92 Å². The molecule has 2 amide bonds. The minimum absolute atomic E-state index is 0.318. The van der Waals surface area contributed by atoms with Crippen LogP contribution in [-0.4, -0.2) is 33.3 Å². The second-order valence-electron chi connectivity index (χ2n) is 2.64. The number of urea groups is 1. The summed E-state index contributed by atoms with van der Waals surface area (Å²) in [5.41, 5.74) is 1.46. The Morgan fingerprint density at radius 2 is 2.40 bits per heavy atom. The van der Waals surface area contributed by atoms with E-state index < -0.39 is 18.0 Å². The first kappa shape index (κ1) is 11.4. The van der Waals surface area contributed by atoms with E-state index in [-0.39, 0.29) is 0 Å². The molecular formula is C7H10N4O3S.